The van der Waals surface area contributed by atoms with Gasteiger partial charge in [-0.2, -0.15) is 5.26 Å². The molecule has 1 unspecified atom stereocenters. The molecule has 0 aromatic heterocycles. The molecule has 18 heavy (non-hydrogen) atoms. The third-order valence-electron chi connectivity index (χ3n) is 3.42. The first-order valence-corrected chi connectivity index (χ1v) is 6.49. The summed E-state index contributed by atoms with van der Waals surface area (Å²) >= 11 is 3.44. The Balaban J connectivity index is 2.05. The molecule has 1 aliphatic heterocycles. The molecular formula is C13H13BrN2O2. The normalized spacial score (nSPS) is 16.8. The molecule has 1 aliphatic rings. The summed E-state index contributed by atoms with van der Waals surface area (Å²) in [6.45, 7) is 3.24. The van der Waals surface area contributed by atoms with E-state index in [-0.39, 0.29) is 11.8 Å². The number of nitriles is 1. The van der Waals surface area contributed by atoms with Gasteiger partial charge in [-0.25, -0.2) is 0 Å². The van der Waals surface area contributed by atoms with Crippen LogP contribution in [0.5, 0.6) is 0 Å². The predicted octanol–water partition coefficient (Wildman–Crippen LogP) is 2.48. The lowest BCUT2D eigenvalue weighted by molar-refractivity contribution is -0.143. The predicted molar refractivity (Wildman–Crippen MR) is 71.4 cm³/mol. The molecule has 4 nitrogen and oxygen atoms in total. The van der Waals surface area contributed by atoms with Crippen LogP contribution in [0.15, 0.2) is 22.7 Å². The Morgan fingerprint density at radius 3 is 2.78 bits per heavy atom. The van der Waals surface area contributed by atoms with E-state index in [9.17, 15) is 4.79 Å². The summed E-state index contributed by atoms with van der Waals surface area (Å²) in [7, 11) is 0. The van der Waals surface area contributed by atoms with Gasteiger partial charge in [0.2, 0.25) is 0 Å². The molecule has 0 aliphatic carbocycles. The smallest absolute Gasteiger partial charge is 0.306 e. The van der Waals surface area contributed by atoms with E-state index >= 15 is 0 Å². The highest BCUT2D eigenvalue weighted by molar-refractivity contribution is 9.10. The zero-order valence-corrected chi connectivity index (χ0v) is 11.5. The molecule has 1 aromatic rings. The molecule has 1 saturated heterocycles. The molecule has 94 valence electrons. The second-order valence-electron chi connectivity index (χ2n) is 4.57. The maximum atomic E-state index is 10.9. The van der Waals surface area contributed by atoms with Crippen LogP contribution in [0.25, 0.3) is 0 Å². The number of benzene rings is 1. The molecule has 1 fully saturated rings. The van der Waals surface area contributed by atoms with E-state index in [4.69, 9.17) is 10.4 Å². The molecule has 2 rings (SSSR count). The summed E-state index contributed by atoms with van der Waals surface area (Å²) in [4.78, 5) is 13.0. The summed E-state index contributed by atoms with van der Waals surface area (Å²) in [6, 6.07) is 7.53. The molecule has 0 radical (unpaired) electrons. The number of aliphatic carboxylic acids is 1. The van der Waals surface area contributed by atoms with Crippen LogP contribution < -0.4 is 4.90 Å². The van der Waals surface area contributed by atoms with Crippen LogP contribution in [0.1, 0.15) is 12.5 Å². The van der Waals surface area contributed by atoms with Gasteiger partial charge in [0.1, 0.15) is 0 Å². The summed E-state index contributed by atoms with van der Waals surface area (Å²) in [6.07, 6.45) is 0. The molecule has 0 bridgehead atoms. The van der Waals surface area contributed by atoms with E-state index in [1.807, 2.05) is 6.07 Å². The average Bonchev–Trinajstić information content (AvgIpc) is 2.28. The lowest BCUT2D eigenvalue weighted by atomic mass is 9.86. The molecule has 0 spiro atoms. The van der Waals surface area contributed by atoms with Crippen LogP contribution in [-0.4, -0.2) is 24.2 Å². The number of rotatable bonds is 3. The minimum atomic E-state index is -0.737. The minimum absolute atomic E-state index is 0.199. The molecule has 1 atom stereocenters. The van der Waals surface area contributed by atoms with Crippen LogP contribution in [0, 0.1) is 23.2 Å². The van der Waals surface area contributed by atoms with E-state index in [2.05, 4.69) is 26.9 Å². The zero-order valence-electron chi connectivity index (χ0n) is 9.93. The van der Waals surface area contributed by atoms with E-state index in [0.717, 1.165) is 23.2 Å². The van der Waals surface area contributed by atoms with E-state index in [1.54, 1.807) is 19.1 Å². The lowest BCUT2D eigenvalue weighted by Gasteiger charge is -2.43. The van der Waals surface area contributed by atoms with Gasteiger partial charge in [-0.1, -0.05) is 6.92 Å². The monoisotopic (exact) mass is 308 g/mol. The van der Waals surface area contributed by atoms with E-state index in [0.29, 0.717) is 5.56 Å². The van der Waals surface area contributed by atoms with Crippen molar-refractivity contribution in [1.82, 2.24) is 0 Å². The van der Waals surface area contributed by atoms with Gasteiger partial charge < -0.3 is 10.0 Å². The van der Waals surface area contributed by atoms with Crippen molar-refractivity contribution in [1.29, 1.82) is 5.26 Å². The third-order valence-corrected chi connectivity index (χ3v) is 4.06. The molecule has 1 heterocycles. The summed E-state index contributed by atoms with van der Waals surface area (Å²) in [5.74, 6) is -0.845. The second kappa shape index (κ2) is 4.99. The van der Waals surface area contributed by atoms with Gasteiger partial charge in [-0.15, -0.1) is 0 Å². The Bertz CT molecular complexity index is 518. The van der Waals surface area contributed by atoms with Crippen molar-refractivity contribution in [3.63, 3.8) is 0 Å². The molecular weight excluding hydrogens is 296 g/mol. The highest BCUT2D eigenvalue weighted by Gasteiger charge is 2.35. The zero-order chi connectivity index (χ0) is 13.3. The van der Waals surface area contributed by atoms with Crippen LogP contribution in [0.4, 0.5) is 5.69 Å². The van der Waals surface area contributed by atoms with Crippen molar-refractivity contribution in [2.45, 2.75) is 6.92 Å². The van der Waals surface area contributed by atoms with Crippen LogP contribution in [0.2, 0.25) is 0 Å². The highest BCUT2D eigenvalue weighted by Crippen LogP contribution is 2.34. The van der Waals surface area contributed by atoms with Crippen molar-refractivity contribution in [3.8, 4) is 6.07 Å². The largest absolute Gasteiger partial charge is 0.481 e. The topological polar surface area (TPSA) is 64.3 Å². The van der Waals surface area contributed by atoms with Gasteiger partial charge in [-0.05, 0) is 34.1 Å². The van der Waals surface area contributed by atoms with Crippen molar-refractivity contribution < 1.29 is 9.90 Å². The standard InChI is InChI=1S/C13H13BrN2O2/c1-8(13(17)18)10-6-16(7-10)12-3-2-9(5-15)4-11(12)14/h2-4,8,10H,6-7H2,1H3,(H,17,18). The molecule has 5 heteroatoms. The van der Waals surface area contributed by atoms with Gasteiger partial charge >= 0.3 is 5.97 Å². The first-order valence-electron chi connectivity index (χ1n) is 5.70. The van der Waals surface area contributed by atoms with Crippen molar-refractivity contribution in [3.05, 3.63) is 28.2 Å². The third kappa shape index (κ3) is 2.34. The first-order chi connectivity index (χ1) is 8.52. The Hall–Kier alpha value is -1.54. The lowest BCUT2D eigenvalue weighted by Crippen LogP contribution is -2.51. The molecule has 0 amide bonds. The molecule has 1 aromatic carbocycles. The van der Waals surface area contributed by atoms with Crippen LogP contribution in [0.3, 0.4) is 0 Å². The number of anilines is 1. The maximum Gasteiger partial charge on any atom is 0.306 e. The number of carbonyl (C=O) groups is 1. The van der Waals surface area contributed by atoms with Gasteiger partial charge in [0.05, 0.1) is 23.2 Å². The number of carboxylic acids is 1. The van der Waals surface area contributed by atoms with Gasteiger partial charge in [0.25, 0.3) is 0 Å². The summed E-state index contributed by atoms with van der Waals surface area (Å²) < 4.78 is 0.878. The quantitative estimate of drug-likeness (QED) is 0.931. The fraction of sp³-hybridized carbons (Fsp3) is 0.385. The highest BCUT2D eigenvalue weighted by atomic mass is 79.9. The fourth-order valence-electron chi connectivity index (χ4n) is 2.06. The SMILES string of the molecule is CC(C(=O)O)C1CN(c2ccc(C#N)cc2Br)C1. The Morgan fingerprint density at radius 1 is 1.61 bits per heavy atom. The minimum Gasteiger partial charge on any atom is -0.481 e. The average molecular weight is 309 g/mol. The van der Waals surface area contributed by atoms with Crippen molar-refractivity contribution in [2.75, 3.05) is 18.0 Å². The van der Waals surface area contributed by atoms with Crippen molar-refractivity contribution in [2.24, 2.45) is 11.8 Å². The second-order valence-corrected chi connectivity index (χ2v) is 5.42. The van der Waals surface area contributed by atoms with Crippen molar-refractivity contribution >= 4 is 27.6 Å². The fourth-order valence-corrected chi connectivity index (χ4v) is 2.69. The molecule has 1 N–H and O–H groups in total. The Morgan fingerprint density at radius 2 is 2.28 bits per heavy atom. The van der Waals surface area contributed by atoms with Crippen LogP contribution >= 0.6 is 15.9 Å². The summed E-state index contributed by atoms with van der Waals surface area (Å²) in [5, 5.41) is 17.7. The van der Waals surface area contributed by atoms with Gasteiger partial charge in [-0.3, -0.25) is 4.79 Å². The van der Waals surface area contributed by atoms with Crippen LogP contribution in [-0.2, 0) is 4.79 Å². The number of halogens is 1. The van der Waals surface area contributed by atoms with Gasteiger partial charge in [0.15, 0.2) is 0 Å². The van der Waals surface area contributed by atoms with E-state index in [1.165, 1.54) is 0 Å². The summed E-state index contributed by atoms with van der Waals surface area (Å²) in [5.41, 5.74) is 1.63. The first kappa shape index (κ1) is 12.9. The Labute approximate surface area is 114 Å². The van der Waals surface area contributed by atoms with E-state index < -0.39 is 5.97 Å². The maximum absolute atomic E-state index is 10.9. The number of carboxylic acid groups (broad SMARTS) is 1. The number of nitrogens with zero attached hydrogens (tertiary/aromatic N) is 2. The van der Waals surface area contributed by atoms with Gasteiger partial charge in [0, 0.05) is 23.5 Å². The number of hydrogen-bond donors (Lipinski definition) is 1. The Kier molecular flexibility index (Phi) is 3.58. The molecule has 0 saturated carbocycles. The number of hydrogen-bond acceptors (Lipinski definition) is 3.